The van der Waals surface area contributed by atoms with Gasteiger partial charge in [0.25, 0.3) is 0 Å². The Bertz CT molecular complexity index is 337. The van der Waals surface area contributed by atoms with Gasteiger partial charge in [0.1, 0.15) is 5.75 Å². The fraction of sp³-hybridized carbons (Fsp3) is 0.571. The normalized spacial score (nSPS) is 22.1. The van der Waals surface area contributed by atoms with Crippen molar-refractivity contribution >= 4 is 0 Å². The number of hydrogen-bond acceptors (Lipinski definition) is 3. The molecular formula is C14H22N2O. The number of rotatable bonds is 3. The summed E-state index contributed by atoms with van der Waals surface area (Å²) in [6, 6.07) is 8.97. The van der Waals surface area contributed by atoms with E-state index in [-0.39, 0.29) is 0 Å². The maximum Gasteiger partial charge on any atom is 0.119 e. The van der Waals surface area contributed by atoms with Gasteiger partial charge in [-0.25, -0.2) is 0 Å². The molecule has 0 amide bonds. The third-order valence-electron chi connectivity index (χ3n) is 3.31. The van der Waals surface area contributed by atoms with Crippen LogP contribution in [-0.4, -0.2) is 38.2 Å². The second-order valence-corrected chi connectivity index (χ2v) is 4.56. The van der Waals surface area contributed by atoms with Crippen LogP contribution in [0.1, 0.15) is 24.9 Å². The molecule has 1 aliphatic heterocycles. The van der Waals surface area contributed by atoms with E-state index in [9.17, 15) is 0 Å². The van der Waals surface area contributed by atoms with E-state index in [0.29, 0.717) is 6.04 Å². The van der Waals surface area contributed by atoms with Crippen molar-refractivity contribution in [3.63, 3.8) is 0 Å². The minimum Gasteiger partial charge on any atom is -0.494 e. The van der Waals surface area contributed by atoms with Crippen LogP contribution in [0.15, 0.2) is 24.3 Å². The first-order valence-corrected chi connectivity index (χ1v) is 6.45. The standard InChI is InChI=1S/C14H22N2O/c1-3-17-13-7-5-12(6-8-13)14-11-15-9-4-10-16(14)2/h5-8,14-15H,3-4,9-11H2,1-2H3. The van der Waals surface area contributed by atoms with Gasteiger partial charge in [-0.1, -0.05) is 12.1 Å². The van der Waals surface area contributed by atoms with Crippen LogP contribution < -0.4 is 10.1 Å². The molecule has 1 aliphatic rings. The molecule has 2 rings (SSSR count). The highest BCUT2D eigenvalue weighted by molar-refractivity contribution is 5.29. The molecule has 1 N–H and O–H groups in total. The van der Waals surface area contributed by atoms with Crippen LogP contribution in [0.3, 0.4) is 0 Å². The summed E-state index contributed by atoms with van der Waals surface area (Å²) in [6.07, 6.45) is 1.23. The quantitative estimate of drug-likeness (QED) is 0.866. The van der Waals surface area contributed by atoms with Gasteiger partial charge in [0.15, 0.2) is 0 Å². The molecule has 1 saturated heterocycles. The summed E-state index contributed by atoms with van der Waals surface area (Å²) in [5, 5.41) is 3.49. The summed E-state index contributed by atoms with van der Waals surface area (Å²) >= 11 is 0. The molecule has 0 saturated carbocycles. The van der Waals surface area contributed by atoms with Crippen molar-refractivity contribution in [2.75, 3.05) is 33.3 Å². The van der Waals surface area contributed by atoms with Crippen LogP contribution in [0, 0.1) is 0 Å². The van der Waals surface area contributed by atoms with E-state index in [4.69, 9.17) is 4.74 Å². The highest BCUT2D eigenvalue weighted by Crippen LogP contribution is 2.22. The lowest BCUT2D eigenvalue weighted by Gasteiger charge is -2.25. The molecule has 0 spiro atoms. The van der Waals surface area contributed by atoms with Crippen molar-refractivity contribution in [3.8, 4) is 5.75 Å². The molecule has 94 valence electrons. The zero-order chi connectivity index (χ0) is 12.1. The number of nitrogens with zero attached hydrogens (tertiary/aromatic N) is 1. The molecule has 17 heavy (non-hydrogen) atoms. The third kappa shape index (κ3) is 3.20. The van der Waals surface area contributed by atoms with E-state index in [2.05, 4.69) is 41.5 Å². The van der Waals surface area contributed by atoms with Crippen molar-refractivity contribution in [1.29, 1.82) is 0 Å². The Kier molecular flexibility index (Phi) is 4.40. The maximum atomic E-state index is 5.47. The zero-order valence-electron chi connectivity index (χ0n) is 10.8. The van der Waals surface area contributed by atoms with Crippen molar-refractivity contribution in [2.24, 2.45) is 0 Å². The Morgan fingerprint density at radius 3 is 2.82 bits per heavy atom. The molecule has 1 fully saturated rings. The molecular weight excluding hydrogens is 212 g/mol. The van der Waals surface area contributed by atoms with Gasteiger partial charge in [0.2, 0.25) is 0 Å². The molecule has 0 aromatic heterocycles. The van der Waals surface area contributed by atoms with Crippen molar-refractivity contribution in [2.45, 2.75) is 19.4 Å². The highest BCUT2D eigenvalue weighted by atomic mass is 16.5. The van der Waals surface area contributed by atoms with Crippen molar-refractivity contribution in [3.05, 3.63) is 29.8 Å². The lowest BCUT2D eigenvalue weighted by Crippen LogP contribution is -2.29. The van der Waals surface area contributed by atoms with Gasteiger partial charge in [-0.05, 0) is 51.2 Å². The van der Waals surface area contributed by atoms with Gasteiger partial charge in [-0.15, -0.1) is 0 Å². The smallest absolute Gasteiger partial charge is 0.119 e. The topological polar surface area (TPSA) is 24.5 Å². The summed E-state index contributed by atoms with van der Waals surface area (Å²) in [5.74, 6) is 0.959. The Balaban J connectivity index is 2.09. The van der Waals surface area contributed by atoms with Crippen LogP contribution in [0.5, 0.6) is 5.75 Å². The second kappa shape index (κ2) is 6.03. The molecule has 1 heterocycles. The maximum absolute atomic E-state index is 5.47. The van der Waals surface area contributed by atoms with E-state index in [1.165, 1.54) is 12.0 Å². The van der Waals surface area contributed by atoms with Gasteiger partial charge in [-0.3, -0.25) is 4.90 Å². The number of benzene rings is 1. The average Bonchev–Trinajstić information content (AvgIpc) is 2.56. The summed E-state index contributed by atoms with van der Waals surface area (Å²) in [6.45, 7) is 6.05. The summed E-state index contributed by atoms with van der Waals surface area (Å²) in [5.41, 5.74) is 1.37. The number of likely N-dealkylation sites (N-methyl/N-ethyl adjacent to an activating group) is 1. The van der Waals surface area contributed by atoms with Crippen LogP contribution in [0.25, 0.3) is 0 Å². The Hall–Kier alpha value is -1.06. The second-order valence-electron chi connectivity index (χ2n) is 4.56. The Labute approximate surface area is 104 Å². The summed E-state index contributed by atoms with van der Waals surface area (Å²) in [7, 11) is 2.20. The number of ether oxygens (including phenoxy) is 1. The first-order chi connectivity index (χ1) is 8.31. The lowest BCUT2D eigenvalue weighted by molar-refractivity contribution is 0.261. The van der Waals surface area contributed by atoms with Gasteiger partial charge in [0, 0.05) is 12.6 Å². The van der Waals surface area contributed by atoms with Crippen molar-refractivity contribution < 1.29 is 4.74 Å². The molecule has 0 aliphatic carbocycles. The van der Waals surface area contributed by atoms with Gasteiger partial charge >= 0.3 is 0 Å². The average molecular weight is 234 g/mol. The molecule has 0 bridgehead atoms. The molecule has 1 aromatic rings. The molecule has 1 aromatic carbocycles. The summed E-state index contributed by atoms with van der Waals surface area (Å²) < 4.78 is 5.47. The largest absolute Gasteiger partial charge is 0.494 e. The first-order valence-electron chi connectivity index (χ1n) is 6.45. The van der Waals surface area contributed by atoms with Crippen molar-refractivity contribution in [1.82, 2.24) is 10.2 Å². The lowest BCUT2D eigenvalue weighted by atomic mass is 10.1. The number of hydrogen-bond donors (Lipinski definition) is 1. The Morgan fingerprint density at radius 1 is 1.35 bits per heavy atom. The molecule has 0 radical (unpaired) electrons. The van der Waals surface area contributed by atoms with Crippen LogP contribution >= 0.6 is 0 Å². The molecule has 1 atom stereocenters. The van der Waals surface area contributed by atoms with E-state index in [0.717, 1.165) is 32.0 Å². The molecule has 3 heteroatoms. The SMILES string of the molecule is CCOc1ccc(C2CNCCCN2C)cc1. The molecule has 1 unspecified atom stereocenters. The first kappa shape index (κ1) is 12.4. The van der Waals surface area contributed by atoms with Crippen LogP contribution in [0.2, 0.25) is 0 Å². The van der Waals surface area contributed by atoms with E-state index in [1.807, 2.05) is 6.92 Å². The minimum absolute atomic E-state index is 0.480. The van der Waals surface area contributed by atoms with E-state index < -0.39 is 0 Å². The fourth-order valence-electron chi connectivity index (χ4n) is 2.33. The third-order valence-corrected chi connectivity index (χ3v) is 3.31. The minimum atomic E-state index is 0.480. The number of nitrogens with one attached hydrogen (secondary N) is 1. The predicted octanol–water partition coefficient (Wildman–Crippen LogP) is 2.05. The van der Waals surface area contributed by atoms with E-state index in [1.54, 1.807) is 0 Å². The fourth-order valence-corrected chi connectivity index (χ4v) is 2.33. The van der Waals surface area contributed by atoms with Gasteiger partial charge in [0.05, 0.1) is 6.61 Å². The van der Waals surface area contributed by atoms with Gasteiger partial charge in [-0.2, -0.15) is 0 Å². The molecule has 3 nitrogen and oxygen atoms in total. The monoisotopic (exact) mass is 234 g/mol. The van der Waals surface area contributed by atoms with Crippen LogP contribution in [-0.2, 0) is 0 Å². The van der Waals surface area contributed by atoms with Crippen LogP contribution in [0.4, 0.5) is 0 Å². The van der Waals surface area contributed by atoms with E-state index >= 15 is 0 Å². The zero-order valence-corrected chi connectivity index (χ0v) is 10.8. The predicted molar refractivity (Wildman–Crippen MR) is 70.5 cm³/mol. The van der Waals surface area contributed by atoms with Gasteiger partial charge < -0.3 is 10.1 Å². The highest BCUT2D eigenvalue weighted by Gasteiger charge is 2.18. The Morgan fingerprint density at radius 2 is 2.12 bits per heavy atom. The summed E-state index contributed by atoms with van der Waals surface area (Å²) in [4.78, 5) is 2.43.